The van der Waals surface area contributed by atoms with E-state index in [0.717, 1.165) is 37.2 Å². The number of ether oxygens (including phenoxy) is 1. The zero-order chi connectivity index (χ0) is 16.4. The van der Waals surface area contributed by atoms with E-state index in [2.05, 4.69) is 24.3 Å². The number of thioether (sulfide) groups is 1. The van der Waals surface area contributed by atoms with Gasteiger partial charge in [0.05, 0.1) is 0 Å². The summed E-state index contributed by atoms with van der Waals surface area (Å²) in [7, 11) is 0. The molecule has 0 aromatic heterocycles. The van der Waals surface area contributed by atoms with E-state index in [1.807, 2.05) is 47.0 Å². The van der Waals surface area contributed by atoms with Crippen molar-refractivity contribution in [1.29, 1.82) is 0 Å². The Kier molecular flexibility index (Phi) is 4.23. The molecule has 1 fully saturated rings. The number of benzene rings is 2. The fraction of sp³-hybridized carbons (Fsp3) is 0.350. The van der Waals surface area contributed by atoms with Crippen LogP contribution < -0.4 is 0 Å². The van der Waals surface area contributed by atoms with Gasteiger partial charge in [-0.05, 0) is 29.5 Å². The number of amides is 1. The summed E-state index contributed by atoms with van der Waals surface area (Å²) >= 11 is 2.04. The molecule has 2 aliphatic heterocycles. The maximum Gasteiger partial charge on any atom is 0.410 e. The molecular weight excluding hydrogens is 318 g/mol. The third kappa shape index (κ3) is 2.91. The minimum Gasteiger partial charge on any atom is -0.445 e. The van der Waals surface area contributed by atoms with E-state index in [1.165, 1.54) is 11.1 Å². The SMILES string of the molecule is O=C(OCc1ccccc1)N1CCC2(CC1)SCc1ccccc12. The van der Waals surface area contributed by atoms with Crippen LogP contribution >= 0.6 is 11.8 Å². The van der Waals surface area contributed by atoms with Crippen molar-refractivity contribution >= 4 is 17.9 Å². The first-order valence-corrected chi connectivity index (χ1v) is 9.43. The summed E-state index contributed by atoms with van der Waals surface area (Å²) in [6.45, 7) is 1.89. The Morgan fingerprint density at radius 1 is 1.04 bits per heavy atom. The Bertz CT molecular complexity index is 723. The zero-order valence-corrected chi connectivity index (χ0v) is 14.4. The Hall–Kier alpha value is -1.94. The average molecular weight is 339 g/mol. The van der Waals surface area contributed by atoms with Crippen molar-refractivity contribution in [3.63, 3.8) is 0 Å². The van der Waals surface area contributed by atoms with Gasteiger partial charge < -0.3 is 9.64 Å². The first-order valence-electron chi connectivity index (χ1n) is 8.45. The quantitative estimate of drug-likeness (QED) is 0.803. The molecule has 1 spiro atoms. The Morgan fingerprint density at radius 3 is 2.54 bits per heavy atom. The van der Waals surface area contributed by atoms with Gasteiger partial charge in [0.15, 0.2) is 0 Å². The molecule has 1 amide bonds. The monoisotopic (exact) mass is 339 g/mol. The van der Waals surface area contributed by atoms with Crippen molar-refractivity contribution < 1.29 is 9.53 Å². The van der Waals surface area contributed by atoms with Gasteiger partial charge in [0.1, 0.15) is 6.61 Å². The highest BCUT2D eigenvalue weighted by Gasteiger charge is 2.42. The highest BCUT2D eigenvalue weighted by molar-refractivity contribution is 7.99. The minimum atomic E-state index is -0.190. The summed E-state index contributed by atoms with van der Waals surface area (Å²) in [4.78, 5) is 14.2. The van der Waals surface area contributed by atoms with Gasteiger partial charge in [-0.3, -0.25) is 0 Å². The van der Waals surface area contributed by atoms with Crippen molar-refractivity contribution in [2.24, 2.45) is 0 Å². The lowest BCUT2D eigenvalue weighted by Gasteiger charge is -2.38. The van der Waals surface area contributed by atoms with E-state index in [0.29, 0.717) is 6.61 Å². The lowest BCUT2D eigenvalue weighted by atomic mass is 9.86. The summed E-state index contributed by atoms with van der Waals surface area (Å²) in [6.07, 6.45) is 1.83. The minimum absolute atomic E-state index is 0.190. The summed E-state index contributed by atoms with van der Waals surface area (Å²) in [5, 5.41) is 0. The molecule has 4 rings (SSSR count). The molecule has 4 heteroatoms. The Morgan fingerprint density at radius 2 is 1.75 bits per heavy atom. The van der Waals surface area contributed by atoms with Gasteiger partial charge in [0.25, 0.3) is 0 Å². The van der Waals surface area contributed by atoms with E-state index in [9.17, 15) is 4.79 Å². The smallest absolute Gasteiger partial charge is 0.410 e. The fourth-order valence-electron chi connectivity index (χ4n) is 3.66. The molecule has 2 aliphatic rings. The molecular formula is C20H21NO2S. The number of fused-ring (bicyclic) bond motifs is 2. The van der Waals surface area contributed by atoms with E-state index in [4.69, 9.17) is 4.74 Å². The largest absolute Gasteiger partial charge is 0.445 e. The van der Waals surface area contributed by atoms with E-state index in [1.54, 1.807) is 0 Å². The van der Waals surface area contributed by atoms with Crippen LogP contribution in [0.1, 0.15) is 29.5 Å². The predicted octanol–water partition coefficient (Wildman–Crippen LogP) is 4.56. The van der Waals surface area contributed by atoms with Crippen LogP contribution in [0.4, 0.5) is 4.79 Å². The van der Waals surface area contributed by atoms with Crippen LogP contribution in [0.3, 0.4) is 0 Å². The average Bonchev–Trinajstić information content (AvgIpc) is 3.00. The molecule has 3 nitrogen and oxygen atoms in total. The molecule has 0 atom stereocenters. The van der Waals surface area contributed by atoms with Crippen LogP contribution in [0.2, 0.25) is 0 Å². The Balaban J connectivity index is 1.36. The topological polar surface area (TPSA) is 29.5 Å². The van der Waals surface area contributed by atoms with Gasteiger partial charge in [-0.1, -0.05) is 54.6 Å². The highest BCUT2D eigenvalue weighted by atomic mass is 32.2. The van der Waals surface area contributed by atoms with Gasteiger partial charge in [-0.15, -0.1) is 11.8 Å². The molecule has 0 bridgehead atoms. The van der Waals surface area contributed by atoms with Crippen LogP contribution in [0.15, 0.2) is 54.6 Å². The molecule has 2 aromatic carbocycles. The molecule has 0 unspecified atom stereocenters. The van der Waals surface area contributed by atoms with Gasteiger partial charge in [0, 0.05) is 23.6 Å². The van der Waals surface area contributed by atoms with Crippen molar-refractivity contribution in [1.82, 2.24) is 4.90 Å². The summed E-state index contributed by atoms with van der Waals surface area (Å²) in [5.74, 6) is 1.09. The number of piperidine rings is 1. The van der Waals surface area contributed by atoms with Crippen molar-refractivity contribution in [2.75, 3.05) is 13.1 Å². The van der Waals surface area contributed by atoms with Crippen LogP contribution in [-0.2, 0) is 21.8 Å². The standard InChI is InChI=1S/C20H21NO2S/c22-19(23-14-16-6-2-1-3-7-16)21-12-10-20(11-13-21)18-9-5-4-8-17(18)15-24-20/h1-9H,10-15H2. The first-order chi connectivity index (χ1) is 11.8. The molecule has 0 aliphatic carbocycles. The predicted molar refractivity (Wildman–Crippen MR) is 96.8 cm³/mol. The second kappa shape index (κ2) is 6.52. The van der Waals surface area contributed by atoms with Crippen LogP contribution in [0.5, 0.6) is 0 Å². The van der Waals surface area contributed by atoms with Gasteiger partial charge in [-0.2, -0.15) is 0 Å². The molecule has 24 heavy (non-hydrogen) atoms. The van der Waals surface area contributed by atoms with Gasteiger partial charge >= 0.3 is 6.09 Å². The number of likely N-dealkylation sites (tertiary alicyclic amines) is 1. The van der Waals surface area contributed by atoms with E-state index >= 15 is 0 Å². The zero-order valence-electron chi connectivity index (χ0n) is 13.6. The van der Waals surface area contributed by atoms with Crippen molar-refractivity contribution in [3.8, 4) is 0 Å². The summed E-state index contributed by atoms with van der Waals surface area (Å²) in [6, 6.07) is 18.6. The summed E-state index contributed by atoms with van der Waals surface area (Å²) in [5.41, 5.74) is 3.97. The number of nitrogens with zero attached hydrogens (tertiary/aromatic N) is 1. The molecule has 2 aromatic rings. The normalized spacial score (nSPS) is 18.4. The maximum absolute atomic E-state index is 12.3. The van der Waals surface area contributed by atoms with E-state index in [-0.39, 0.29) is 10.8 Å². The number of hydrogen-bond acceptors (Lipinski definition) is 3. The van der Waals surface area contributed by atoms with Crippen LogP contribution in [0.25, 0.3) is 0 Å². The second-order valence-electron chi connectivity index (χ2n) is 6.47. The molecule has 124 valence electrons. The molecule has 2 heterocycles. The van der Waals surface area contributed by atoms with Gasteiger partial charge in [0.2, 0.25) is 0 Å². The number of carbonyl (C=O) groups is 1. The third-order valence-electron chi connectivity index (χ3n) is 5.05. The lowest BCUT2D eigenvalue weighted by Crippen LogP contribution is -2.43. The molecule has 1 saturated heterocycles. The highest BCUT2D eigenvalue weighted by Crippen LogP contribution is 2.53. The second-order valence-corrected chi connectivity index (χ2v) is 7.83. The Labute approximate surface area is 147 Å². The molecule has 0 N–H and O–H groups in total. The van der Waals surface area contributed by atoms with Crippen molar-refractivity contribution in [3.05, 3.63) is 71.3 Å². The van der Waals surface area contributed by atoms with E-state index < -0.39 is 0 Å². The third-order valence-corrected chi connectivity index (χ3v) is 6.68. The number of rotatable bonds is 2. The maximum atomic E-state index is 12.3. The number of hydrogen-bond donors (Lipinski definition) is 0. The molecule has 0 radical (unpaired) electrons. The summed E-state index contributed by atoms with van der Waals surface area (Å²) < 4.78 is 5.67. The fourth-order valence-corrected chi connectivity index (χ4v) is 5.17. The number of carbonyl (C=O) groups excluding carboxylic acids is 1. The first kappa shape index (κ1) is 15.6. The van der Waals surface area contributed by atoms with Crippen LogP contribution in [-0.4, -0.2) is 24.1 Å². The molecule has 0 saturated carbocycles. The van der Waals surface area contributed by atoms with Crippen LogP contribution in [0, 0.1) is 0 Å². The van der Waals surface area contributed by atoms with Gasteiger partial charge in [-0.25, -0.2) is 4.79 Å². The lowest BCUT2D eigenvalue weighted by molar-refractivity contribution is 0.0852. The van der Waals surface area contributed by atoms with Crippen molar-refractivity contribution in [2.45, 2.75) is 29.9 Å².